The fourth-order valence-electron chi connectivity index (χ4n) is 12.1. The van der Waals surface area contributed by atoms with Crippen LogP contribution >= 0.6 is 0 Å². The third kappa shape index (κ3) is 7.29. The van der Waals surface area contributed by atoms with Gasteiger partial charge in [-0.25, -0.2) is 0 Å². The molecule has 0 saturated carbocycles. The molecule has 7 atom stereocenters. The molecule has 3 nitrogen and oxygen atoms in total. The van der Waals surface area contributed by atoms with Crippen LogP contribution in [0.15, 0.2) is 191 Å². The molecule has 0 radical (unpaired) electrons. The molecule has 0 bridgehead atoms. The lowest BCUT2D eigenvalue weighted by Gasteiger charge is -2.37. The highest BCUT2D eigenvalue weighted by atomic mass is 16.5. The van der Waals surface area contributed by atoms with E-state index in [1.54, 1.807) is 5.57 Å². The van der Waals surface area contributed by atoms with Gasteiger partial charge in [-0.3, -0.25) is 0 Å². The average molecular weight is 824 g/mol. The standard InChI is InChI=1S/C60H57NO2/c1-2-10-40(11-3-1)43-28-34-48(35-29-43)61(49-36-30-44(31-37-49)41-20-24-46(25-21-41)51-14-8-16-55-53-12-4-6-18-57(53)62-59(51)55)50-38-32-45(33-39-50)42-22-26-47(27-23-42)52-15-9-17-56-54-13-5-7-19-58(54)63-60(52)56/h1-4,6,8-12,15-18,22-24,26-32,34-36,38,41,49,51,53,55,57,59H,5,7,13-14,19-21,25,33,37,39H2. The molecule has 0 amide bonds. The summed E-state index contributed by atoms with van der Waals surface area (Å²) in [5.41, 5.74) is 15.9. The van der Waals surface area contributed by atoms with Gasteiger partial charge in [0.05, 0.1) is 18.2 Å². The fraction of sp³-hybridized carbons (Fsp3) is 0.300. The van der Waals surface area contributed by atoms with Crippen LogP contribution in [0, 0.1) is 23.7 Å². The van der Waals surface area contributed by atoms with Crippen molar-refractivity contribution in [2.45, 2.75) is 88.9 Å². The van der Waals surface area contributed by atoms with Gasteiger partial charge in [-0.2, -0.15) is 0 Å². The summed E-state index contributed by atoms with van der Waals surface area (Å²) in [5.74, 6) is 3.29. The zero-order valence-corrected chi connectivity index (χ0v) is 36.2. The first-order valence-electron chi connectivity index (χ1n) is 23.9. The summed E-state index contributed by atoms with van der Waals surface area (Å²) in [6.45, 7) is 0. The summed E-state index contributed by atoms with van der Waals surface area (Å²) in [6, 6.07) is 36.1. The van der Waals surface area contributed by atoms with Gasteiger partial charge in [-0.1, -0.05) is 157 Å². The molecule has 7 aliphatic rings. The number of hydrogen-bond donors (Lipinski definition) is 0. The Hall–Kier alpha value is -5.90. The topological polar surface area (TPSA) is 25.6 Å². The van der Waals surface area contributed by atoms with E-state index < -0.39 is 0 Å². The number of allylic oxidation sites excluding steroid dienone is 10. The summed E-state index contributed by atoms with van der Waals surface area (Å²) < 4.78 is 13.2. The first-order valence-corrected chi connectivity index (χ1v) is 23.9. The van der Waals surface area contributed by atoms with Crippen LogP contribution in [0.4, 0.5) is 5.69 Å². The summed E-state index contributed by atoms with van der Waals surface area (Å²) in [7, 11) is 0. The minimum Gasteiger partial charge on any atom is -0.460 e. The van der Waals surface area contributed by atoms with Crippen LogP contribution in [-0.4, -0.2) is 18.2 Å². The summed E-state index contributed by atoms with van der Waals surface area (Å²) in [4.78, 5) is 2.62. The van der Waals surface area contributed by atoms with Crippen molar-refractivity contribution < 1.29 is 9.15 Å². The normalized spacial score (nSPS) is 27.2. The van der Waals surface area contributed by atoms with Crippen LogP contribution in [0.3, 0.4) is 0 Å². The lowest BCUT2D eigenvalue weighted by atomic mass is 9.71. The largest absolute Gasteiger partial charge is 0.460 e. The first kappa shape index (κ1) is 38.7. The maximum Gasteiger partial charge on any atom is 0.142 e. The molecule has 1 aliphatic heterocycles. The second-order valence-electron chi connectivity index (χ2n) is 19.0. The summed E-state index contributed by atoms with van der Waals surface area (Å²) in [6.07, 6.45) is 41.7. The number of ether oxygens (including phenoxy) is 1. The van der Waals surface area contributed by atoms with Crippen LogP contribution in [-0.2, 0) is 17.6 Å². The SMILES string of the molecule is C1=CC2OC3C(C4=CCC(C5=CCC(N(C6=CC=C(c7ccc(-c8cccc9c%10c(oc89)CCCC%10)cc7)CC6)c6ccc(-c7ccccc7)cc6)C=C5)CC4)CC=CC3C2C=C1. The molecule has 4 aromatic carbocycles. The average Bonchev–Trinajstić information content (AvgIpc) is 3.94. The van der Waals surface area contributed by atoms with Crippen molar-refractivity contribution in [3.63, 3.8) is 0 Å². The Labute approximate surface area is 373 Å². The lowest BCUT2D eigenvalue weighted by Crippen LogP contribution is -2.34. The molecule has 314 valence electrons. The van der Waals surface area contributed by atoms with Crippen molar-refractivity contribution in [2.75, 3.05) is 4.90 Å². The predicted molar refractivity (Wildman–Crippen MR) is 260 cm³/mol. The zero-order valence-electron chi connectivity index (χ0n) is 36.2. The molecule has 0 spiro atoms. The van der Waals surface area contributed by atoms with Gasteiger partial charge in [0.25, 0.3) is 0 Å². The Balaban J connectivity index is 0.773. The van der Waals surface area contributed by atoms with Gasteiger partial charge < -0.3 is 14.1 Å². The Morgan fingerprint density at radius 3 is 2.24 bits per heavy atom. The molecule has 63 heavy (non-hydrogen) atoms. The number of furan rings is 1. The second kappa shape index (κ2) is 16.7. The molecule has 7 unspecified atom stereocenters. The maximum absolute atomic E-state index is 6.73. The zero-order chi connectivity index (χ0) is 41.7. The smallest absolute Gasteiger partial charge is 0.142 e. The van der Waals surface area contributed by atoms with E-state index in [0.717, 1.165) is 50.5 Å². The van der Waals surface area contributed by atoms with E-state index in [2.05, 4.69) is 175 Å². The Bertz CT molecular complexity index is 2770. The molecule has 5 aromatic rings. The highest BCUT2D eigenvalue weighted by Crippen LogP contribution is 2.48. The molecule has 6 aliphatic carbocycles. The fourth-order valence-corrected chi connectivity index (χ4v) is 12.1. The molecular formula is C60H57NO2. The minimum absolute atomic E-state index is 0.235. The minimum atomic E-state index is 0.235. The molecule has 12 rings (SSSR count). The molecule has 2 heterocycles. The van der Waals surface area contributed by atoms with E-state index >= 15 is 0 Å². The van der Waals surface area contributed by atoms with Crippen LogP contribution in [0.1, 0.15) is 74.7 Å². The quantitative estimate of drug-likeness (QED) is 0.146. The molecule has 0 N–H and O–H groups in total. The maximum atomic E-state index is 6.73. The molecule has 1 fully saturated rings. The van der Waals surface area contributed by atoms with Gasteiger partial charge >= 0.3 is 0 Å². The molecule has 3 heteroatoms. The Morgan fingerprint density at radius 2 is 1.43 bits per heavy atom. The molecule has 1 saturated heterocycles. The summed E-state index contributed by atoms with van der Waals surface area (Å²) in [5, 5.41) is 1.30. The molecular weight excluding hydrogens is 767 g/mol. The van der Waals surface area contributed by atoms with Gasteiger partial charge in [-0.15, -0.1) is 0 Å². The number of para-hydroxylation sites is 1. The van der Waals surface area contributed by atoms with Crippen molar-refractivity contribution in [3.05, 3.63) is 204 Å². The van der Waals surface area contributed by atoms with Crippen LogP contribution < -0.4 is 4.90 Å². The van der Waals surface area contributed by atoms with E-state index in [1.807, 2.05) is 0 Å². The van der Waals surface area contributed by atoms with E-state index in [4.69, 9.17) is 9.15 Å². The predicted octanol–water partition coefficient (Wildman–Crippen LogP) is 14.9. The lowest BCUT2D eigenvalue weighted by molar-refractivity contribution is 0.0268. The van der Waals surface area contributed by atoms with Gasteiger partial charge in [-0.05, 0) is 122 Å². The number of fused-ring (bicyclic) bond motifs is 6. The van der Waals surface area contributed by atoms with Crippen LogP contribution in [0.5, 0.6) is 0 Å². The number of rotatable bonds is 8. The van der Waals surface area contributed by atoms with E-state index in [1.165, 1.54) is 92.7 Å². The van der Waals surface area contributed by atoms with Gasteiger partial charge in [0.1, 0.15) is 11.3 Å². The van der Waals surface area contributed by atoms with Crippen molar-refractivity contribution >= 4 is 22.2 Å². The van der Waals surface area contributed by atoms with Crippen LogP contribution in [0.25, 0.3) is 38.8 Å². The van der Waals surface area contributed by atoms with Crippen LogP contribution in [0.2, 0.25) is 0 Å². The highest BCUT2D eigenvalue weighted by Gasteiger charge is 2.47. The second-order valence-corrected chi connectivity index (χ2v) is 19.0. The van der Waals surface area contributed by atoms with Crippen molar-refractivity contribution in [3.8, 4) is 22.3 Å². The highest BCUT2D eigenvalue weighted by molar-refractivity contribution is 5.95. The number of aryl methyl sites for hydroxylation is 2. The van der Waals surface area contributed by atoms with Crippen molar-refractivity contribution in [2.24, 2.45) is 23.7 Å². The Kier molecular flexibility index (Phi) is 10.2. The number of hydrogen-bond acceptors (Lipinski definition) is 3. The number of benzene rings is 4. The first-order chi connectivity index (χ1) is 31.2. The third-order valence-corrected chi connectivity index (χ3v) is 15.5. The van der Waals surface area contributed by atoms with Gasteiger partial charge in [0, 0.05) is 52.1 Å². The Morgan fingerprint density at radius 1 is 0.603 bits per heavy atom. The molecule has 1 aromatic heterocycles. The number of anilines is 1. The number of nitrogens with zero attached hydrogens (tertiary/aromatic N) is 1. The van der Waals surface area contributed by atoms with E-state index in [-0.39, 0.29) is 12.1 Å². The van der Waals surface area contributed by atoms with E-state index in [9.17, 15) is 0 Å². The third-order valence-electron chi connectivity index (χ3n) is 15.5. The van der Waals surface area contributed by atoms with E-state index in [0.29, 0.717) is 29.8 Å². The van der Waals surface area contributed by atoms with Gasteiger partial charge in [0.15, 0.2) is 0 Å². The van der Waals surface area contributed by atoms with Crippen molar-refractivity contribution in [1.82, 2.24) is 0 Å². The monoisotopic (exact) mass is 823 g/mol. The van der Waals surface area contributed by atoms with Crippen molar-refractivity contribution in [1.29, 1.82) is 0 Å². The van der Waals surface area contributed by atoms with Gasteiger partial charge in [0.2, 0.25) is 0 Å². The summed E-state index contributed by atoms with van der Waals surface area (Å²) >= 11 is 0.